The summed E-state index contributed by atoms with van der Waals surface area (Å²) in [6, 6.07) is 7.88. The van der Waals surface area contributed by atoms with E-state index in [4.69, 9.17) is 11.5 Å². The molecule has 0 bridgehead atoms. The van der Waals surface area contributed by atoms with Crippen molar-refractivity contribution < 1.29 is 0 Å². The number of hydrogen-bond acceptors (Lipinski definition) is 3. The zero-order valence-corrected chi connectivity index (χ0v) is 6.67. The number of rotatable bonds is 0. The van der Waals surface area contributed by atoms with Crippen molar-refractivity contribution in [1.82, 2.24) is 0 Å². The van der Waals surface area contributed by atoms with Gasteiger partial charge in [-0.05, 0) is 6.07 Å². The van der Waals surface area contributed by atoms with E-state index in [9.17, 15) is 0 Å². The lowest BCUT2D eigenvalue weighted by Crippen LogP contribution is -2.22. The van der Waals surface area contributed by atoms with Crippen LogP contribution in [-0.2, 0) is 0 Å². The fourth-order valence-electron chi connectivity index (χ4n) is 1.33. The predicted molar refractivity (Wildman–Crippen MR) is 50.2 cm³/mol. The SMILES string of the molecule is NC1=C(N)c2ccccc2NC1. The average molecular weight is 161 g/mol. The number of para-hydroxylation sites is 1. The topological polar surface area (TPSA) is 64.1 Å². The number of fused-ring (bicyclic) bond motifs is 1. The minimum absolute atomic E-state index is 0.642. The third-order valence-electron chi connectivity index (χ3n) is 2.03. The Morgan fingerprint density at radius 3 is 2.75 bits per heavy atom. The van der Waals surface area contributed by atoms with Crippen LogP contribution in [0.25, 0.3) is 5.70 Å². The first-order valence-electron chi connectivity index (χ1n) is 3.86. The van der Waals surface area contributed by atoms with Gasteiger partial charge in [-0.1, -0.05) is 18.2 Å². The summed E-state index contributed by atoms with van der Waals surface area (Å²) in [5.74, 6) is 0. The molecule has 0 amide bonds. The number of hydrogen-bond donors (Lipinski definition) is 3. The monoisotopic (exact) mass is 161 g/mol. The van der Waals surface area contributed by atoms with Gasteiger partial charge in [0.05, 0.1) is 17.9 Å². The molecule has 2 rings (SSSR count). The Hall–Kier alpha value is -1.64. The molecule has 12 heavy (non-hydrogen) atoms. The van der Waals surface area contributed by atoms with Crippen molar-refractivity contribution in [3.05, 3.63) is 35.5 Å². The van der Waals surface area contributed by atoms with Crippen LogP contribution in [0.4, 0.5) is 5.69 Å². The normalized spacial score (nSPS) is 15.3. The van der Waals surface area contributed by atoms with E-state index in [-0.39, 0.29) is 0 Å². The molecule has 3 nitrogen and oxygen atoms in total. The van der Waals surface area contributed by atoms with Gasteiger partial charge in [0.15, 0.2) is 0 Å². The van der Waals surface area contributed by atoms with Crippen LogP contribution in [-0.4, -0.2) is 6.54 Å². The van der Waals surface area contributed by atoms with Crippen molar-refractivity contribution in [2.75, 3.05) is 11.9 Å². The van der Waals surface area contributed by atoms with E-state index in [1.807, 2.05) is 24.3 Å². The molecule has 0 spiro atoms. The van der Waals surface area contributed by atoms with Crippen LogP contribution in [0.3, 0.4) is 0 Å². The third-order valence-corrected chi connectivity index (χ3v) is 2.03. The van der Waals surface area contributed by atoms with Crippen LogP contribution in [0.15, 0.2) is 30.0 Å². The molecular weight excluding hydrogens is 150 g/mol. The summed E-state index contributed by atoms with van der Waals surface area (Å²) in [6.07, 6.45) is 0. The van der Waals surface area contributed by atoms with E-state index in [0.29, 0.717) is 17.9 Å². The molecule has 3 heteroatoms. The Balaban J connectivity index is 2.59. The third kappa shape index (κ3) is 0.906. The zero-order chi connectivity index (χ0) is 8.55. The average Bonchev–Trinajstić information content (AvgIpc) is 2.12. The molecule has 0 aliphatic carbocycles. The molecule has 1 aliphatic heterocycles. The summed E-state index contributed by atoms with van der Waals surface area (Å²) in [5, 5.41) is 3.18. The highest BCUT2D eigenvalue weighted by Gasteiger charge is 2.12. The molecule has 0 saturated heterocycles. The smallest absolute Gasteiger partial charge is 0.0617 e. The number of benzene rings is 1. The Kier molecular flexibility index (Phi) is 1.43. The van der Waals surface area contributed by atoms with Crippen molar-refractivity contribution >= 4 is 11.4 Å². The Morgan fingerprint density at radius 2 is 1.92 bits per heavy atom. The van der Waals surface area contributed by atoms with Gasteiger partial charge in [-0.15, -0.1) is 0 Å². The molecule has 0 aromatic heterocycles. The van der Waals surface area contributed by atoms with Crippen molar-refractivity contribution in [1.29, 1.82) is 0 Å². The van der Waals surface area contributed by atoms with Gasteiger partial charge in [-0.2, -0.15) is 0 Å². The quantitative estimate of drug-likeness (QED) is 0.524. The van der Waals surface area contributed by atoms with E-state index in [2.05, 4.69) is 5.32 Å². The Bertz CT molecular complexity index is 341. The summed E-state index contributed by atoms with van der Waals surface area (Å²) in [7, 11) is 0. The summed E-state index contributed by atoms with van der Waals surface area (Å²) in [6.45, 7) is 0.642. The van der Waals surface area contributed by atoms with Crippen molar-refractivity contribution in [3.8, 4) is 0 Å². The lowest BCUT2D eigenvalue weighted by molar-refractivity contribution is 1.13. The molecule has 0 unspecified atom stereocenters. The number of nitrogens with one attached hydrogen (secondary N) is 1. The molecule has 1 aromatic carbocycles. The van der Waals surface area contributed by atoms with Gasteiger partial charge in [-0.25, -0.2) is 0 Å². The summed E-state index contributed by atoms with van der Waals surface area (Å²) in [4.78, 5) is 0. The highest BCUT2D eigenvalue weighted by Crippen LogP contribution is 2.24. The summed E-state index contributed by atoms with van der Waals surface area (Å²) < 4.78 is 0. The van der Waals surface area contributed by atoms with E-state index in [1.165, 1.54) is 0 Å². The second kappa shape index (κ2) is 2.44. The maximum atomic E-state index is 5.80. The second-order valence-electron chi connectivity index (χ2n) is 2.84. The molecule has 1 aromatic rings. The first-order chi connectivity index (χ1) is 5.79. The minimum atomic E-state index is 0.642. The van der Waals surface area contributed by atoms with Crippen molar-refractivity contribution in [3.63, 3.8) is 0 Å². The fraction of sp³-hybridized carbons (Fsp3) is 0.111. The second-order valence-corrected chi connectivity index (χ2v) is 2.84. The van der Waals surface area contributed by atoms with E-state index in [1.54, 1.807) is 0 Å². The van der Waals surface area contributed by atoms with Gasteiger partial charge in [0.2, 0.25) is 0 Å². The van der Waals surface area contributed by atoms with Gasteiger partial charge in [0, 0.05) is 11.3 Å². The maximum Gasteiger partial charge on any atom is 0.0617 e. The van der Waals surface area contributed by atoms with Gasteiger partial charge < -0.3 is 16.8 Å². The molecule has 0 fully saturated rings. The molecule has 0 saturated carbocycles. The van der Waals surface area contributed by atoms with Crippen molar-refractivity contribution in [2.45, 2.75) is 0 Å². The molecule has 1 heterocycles. The van der Waals surface area contributed by atoms with Gasteiger partial charge in [0.25, 0.3) is 0 Å². The molecule has 0 atom stereocenters. The first kappa shape index (κ1) is 7.03. The molecule has 62 valence electrons. The van der Waals surface area contributed by atoms with E-state index >= 15 is 0 Å². The minimum Gasteiger partial charge on any atom is -0.399 e. The van der Waals surface area contributed by atoms with Crippen LogP contribution >= 0.6 is 0 Å². The van der Waals surface area contributed by atoms with Crippen LogP contribution in [0.2, 0.25) is 0 Å². The Labute approximate surface area is 71.1 Å². The highest BCUT2D eigenvalue weighted by molar-refractivity contribution is 5.79. The molecule has 0 radical (unpaired) electrons. The largest absolute Gasteiger partial charge is 0.399 e. The van der Waals surface area contributed by atoms with E-state index in [0.717, 1.165) is 11.3 Å². The van der Waals surface area contributed by atoms with Crippen LogP contribution < -0.4 is 16.8 Å². The lowest BCUT2D eigenvalue weighted by atomic mass is 10.1. The number of nitrogens with two attached hydrogens (primary N) is 2. The molecule has 5 N–H and O–H groups in total. The van der Waals surface area contributed by atoms with Gasteiger partial charge in [0.1, 0.15) is 0 Å². The van der Waals surface area contributed by atoms with E-state index < -0.39 is 0 Å². The van der Waals surface area contributed by atoms with Crippen LogP contribution in [0, 0.1) is 0 Å². The standard InChI is InChI=1S/C9H11N3/c10-7-5-12-8-4-2-1-3-6(8)9(7)11/h1-4,12H,5,10-11H2. The summed E-state index contributed by atoms with van der Waals surface area (Å²) in [5.41, 5.74) is 15.0. The first-order valence-corrected chi connectivity index (χ1v) is 3.86. The van der Waals surface area contributed by atoms with Crippen LogP contribution in [0.1, 0.15) is 5.56 Å². The van der Waals surface area contributed by atoms with Gasteiger partial charge in [-0.3, -0.25) is 0 Å². The lowest BCUT2D eigenvalue weighted by Gasteiger charge is -2.19. The maximum absolute atomic E-state index is 5.80. The Morgan fingerprint density at radius 1 is 1.17 bits per heavy atom. The van der Waals surface area contributed by atoms with Crippen molar-refractivity contribution in [2.24, 2.45) is 11.5 Å². The van der Waals surface area contributed by atoms with Crippen LogP contribution in [0.5, 0.6) is 0 Å². The summed E-state index contributed by atoms with van der Waals surface area (Å²) >= 11 is 0. The zero-order valence-electron chi connectivity index (χ0n) is 6.67. The predicted octanol–water partition coefficient (Wildman–Crippen LogP) is 0.698. The molecular formula is C9H11N3. The van der Waals surface area contributed by atoms with Gasteiger partial charge >= 0.3 is 0 Å². The fourth-order valence-corrected chi connectivity index (χ4v) is 1.33. The molecule has 1 aliphatic rings. The number of anilines is 1. The highest BCUT2D eigenvalue weighted by atomic mass is 14.9.